The van der Waals surface area contributed by atoms with Gasteiger partial charge in [0.2, 0.25) is 0 Å². The van der Waals surface area contributed by atoms with Gasteiger partial charge in [-0.1, -0.05) is 24.6 Å². The summed E-state index contributed by atoms with van der Waals surface area (Å²) in [5.74, 6) is 0.510. The lowest BCUT2D eigenvalue weighted by molar-refractivity contribution is 0.0615. The highest BCUT2D eigenvalue weighted by Gasteiger charge is 2.27. The molecule has 0 saturated heterocycles. The molecule has 13 heavy (non-hydrogen) atoms. The van der Waals surface area contributed by atoms with E-state index in [4.69, 9.17) is 0 Å². The molecule has 1 aromatic rings. The van der Waals surface area contributed by atoms with Gasteiger partial charge in [-0.3, -0.25) is 0 Å². The Morgan fingerprint density at radius 2 is 2.00 bits per heavy atom. The maximum Gasteiger partial charge on any atom is 0.0828 e. The third-order valence-corrected chi connectivity index (χ3v) is 3.80. The normalized spacial score (nSPS) is 19.5. The second-order valence-electron chi connectivity index (χ2n) is 3.66. The minimum atomic E-state index is -0.234. The number of aliphatic hydroxyl groups excluding tert-OH is 1. The second kappa shape index (κ2) is 3.96. The molecule has 2 rings (SSSR count). The molecule has 0 spiro atoms. The molecule has 0 heterocycles. The van der Waals surface area contributed by atoms with Crippen LogP contribution in [0.4, 0.5) is 0 Å². The first-order chi connectivity index (χ1) is 6.29. The highest BCUT2D eigenvalue weighted by molar-refractivity contribution is 14.1. The molecule has 1 aromatic carbocycles. The Morgan fingerprint density at radius 3 is 2.54 bits per heavy atom. The van der Waals surface area contributed by atoms with E-state index >= 15 is 0 Å². The number of hydrogen-bond acceptors (Lipinski definition) is 1. The van der Waals surface area contributed by atoms with Crippen LogP contribution in [0.3, 0.4) is 0 Å². The van der Waals surface area contributed by atoms with Crippen LogP contribution in [0.15, 0.2) is 24.3 Å². The van der Waals surface area contributed by atoms with Crippen molar-refractivity contribution in [2.45, 2.75) is 25.4 Å². The van der Waals surface area contributed by atoms with Gasteiger partial charge in [0, 0.05) is 3.57 Å². The molecule has 0 aliphatic heterocycles. The van der Waals surface area contributed by atoms with Gasteiger partial charge in [0.1, 0.15) is 0 Å². The molecule has 0 amide bonds. The fraction of sp³-hybridized carbons (Fsp3) is 0.455. The first kappa shape index (κ1) is 9.46. The molecule has 70 valence electrons. The molecule has 1 N–H and O–H groups in total. The SMILES string of the molecule is OC(c1ccccc1I)C1CCC1. The lowest BCUT2D eigenvalue weighted by Crippen LogP contribution is -2.20. The van der Waals surface area contributed by atoms with E-state index in [0.29, 0.717) is 5.92 Å². The molecule has 1 aliphatic rings. The molecule has 0 aromatic heterocycles. The van der Waals surface area contributed by atoms with Gasteiger partial charge in [0.25, 0.3) is 0 Å². The topological polar surface area (TPSA) is 20.2 Å². The first-order valence-electron chi connectivity index (χ1n) is 4.71. The summed E-state index contributed by atoms with van der Waals surface area (Å²) in [4.78, 5) is 0. The van der Waals surface area contributed by atoms with E-state index in [1.807, 2.05) is 18.2 Å². The van der Waals surface area contributed by atoms with Crippen molar-refractivity contribution in [1.29, 1.82) is 0 Å². The van der Waals surface area contributed by atoms with Crippen molar-refractivity contribution in [2.75, 3.05) is 0 Å². The molecule has 0 bridgehead atoms. The quantitative estimate of drug-likeness (QED) is 0.829. The fourth-order valence-electron chi connectivity index (χ4n) is 1.72. The van der Waals surface area contributed by atoms with E-state index in [-0.39, 0.29) is 6.10 Å². The van der Waals surface area contributed by atoms with Crippen molar-refractivity contribution < 1.29 is 5.11 Å². The highest BCUT2D eigenvalue weighted by atomic mass is 127. The predicted molar refractivity (Wildman–Crippen MR) is 61.5 cm³/mol. The van der Waals surface area contributed by atoms with Crippen molar-refractivity contribution in [3.05, 3.63) is 33.4 Å². The number of benzene rings is 1. The summed E-state index contributed by atoms with van der Waals surface area (Å²) in [6.45, 7) is 0. The van der Waals surface area contributed by atoms with Gasteiger partial charge < -0.3 is 5.11 Å². The molecular formula is C11H13IO. The van der Waals surface area contributed by atoms with Crippen LogP contribution in [0.5, 0.6) is 0 Å². The largest absolute Gasteiger partial charge is 0.388 e. The van der Waals surface area contributed by atoms with Gasteiger partial charge >= 0.3 is 0 Å². The van der Waals surface area contributed by atoms with Crippen molar-refractivity contribution in [3.8, 4) is 0 Å². The summed E-state index contributed by atoms with van der Waals surface area (Å²) < 4.78 is 1.18. The number of halogens is 1. The number of rotatable bonds is 2. The lowest BCUT2D eigenvalue weighted by Gasteiger charge is -2.30. The Labute approximate surface area is 92.3 Å². The minimum Gasteiger partial charge on any atom is -0.388 e. The van der Waals surface area contributed by atoms with Crippen molar-refractivity contribution >= 4 is 22.6 Å². The van der Waals surface area contributed by atoms with Gasteiger partial charge in [-0.2, -0.15) is 0 Å². The maximum absolute atomic E-state index is 10.0. The predicted octanol–water partition coefficient (Wildman–Crippen LogP) is 3.12. The van der Waals surface area contributed by atoms with E-state index in [9.17, 15) is 5.11 Å². The van der Waals surface area contributed by atoms with Crippen LogP contribution in [-0.2, 0) is 0 Å². The van der Waals surface area contributed by atoms with Gasteiger partial charge in [-0.25, -0.2) is 0 Å². The standard InChI is InChI=1S/C11H13IO/c12-10-7-2-1-6-9(10)11(13)8-4-3-5-8/h1-2,6-8,11,13H,3-5H2. The monoisotopic (exact) mass is 288 g/mol. The Bertz CT molecular complexity index is 294. The van der Waals surface area contributed by atoms with Crippen LogP contribution in [0.2, 0.25) is 0 Å². The zero-order valence-corrected chi connectivity index (χ0v) is 9.57. The van der Waals surface area contributed by atoms with E-state index in [0.717, 1.165) is 5.56 Å². The summed E-state index contributed by atoms with van der Waals surface area (Å²) >= 11 is 2.29. The van der Waals surface area contributed by atoms with E-state index < -0.39 is 0 Å². The third-order valence-electron chi connectivity index (χ3n) is 2.82. The van der Waals surface area contributed by atoms with Gasteiger partial charge in [0.15, 0.2) is 0 Å². The zero-order chi connectivity index (χ0) is 9.26. The molecular weight excluding hydrogens is 275 g/mol. The average molecular weight is 288 g/mol. The zero-order valence-electron chi connectivity index (χ0n) is 7.41. The minimum absolute atomic E-state index is 0.234. The number of hydrogen-bond donors (Lipinski definition) is 1. The van der Waals surface area contributed by atoms with E-state index in [1.54, 1.807) is 0 Å². The van der Waals surface area contributed by atoms with E-state index in [1.165, 1.54) is 22.8 Å². The van der Waals surface area contributed by atoms with Crippen LogP contribution >= 0.6 is 22.6 Å². The second-order valence-corrected chi connectivity index (χ2v) is 4.82. The van der Waals surface area contributed by atoms with E-state index in [2.05, 4.69) is 28.7 Å². The van der Waals surface area contributed by atoms with Gasteiger partial charge in [0.05, 0.1) is 6.10 Å². The first-order valence-corrected chi connectivity index (χ1v) is 5.79. The summed E-state index contributed by atoms with van der Waals surface area (Å²) in [6.07, 6.45) is 3.42. The fourth-order valence-corrected chi connectivity index (χ4v) is 2.43. The van der Waals surface area contributed by atoms with Crippen LogP contribution < -0.4 is 0 Å². The molecule has 2 heteroatoms. The summed E-state index contributed by atoms with van der Waals surface area (Å²) in [6, 6.07) is 8.10. The Kier molecular flexibility index (Phi) is 2.89. The molecule has 1 nitrogen and oxygen atoms in total. The van der Waals surface area contributed by atoms with Crippen LogP contribution in [0.1, 0.15) is 30.9 Å². The molecule has 0 radical (unpaired) electrons. The van der Waals surface area contributed by atoms with Crippen LogP contribution in [0.25, 0.3) is 0 Å². The smallest absolute Gasteiger partial charge is 0.0828 e. The van der Waals surface area contributed by atoms with Gasteiger partial charge in [-0.05, 0) is 53.0 Å². The Morgan fingerprint density at radius 1 is 1.31 bits per heavy atom. The Balaban J connectivity index is 2.18. The van der Waals surface area contributed by atoms with Gasteiger partial charge in [-0.15, -0.1) is 0 Å². The van der Waals surface area contributed by atoms with Crippen LogP contribution in [-0.4, -0.2) is 5.11 Å². The summed E-state index contributed by atoms with van der Waals surface area (Å²) in [7, 11) is 0. The molecule has 1 unspecified atom stereocenters. The highest BCUT2D eigenvalue weighted by Crippen LogP contribution is 2.38. The molecule has 1 aliphatic carbocycles. The maximum atomic E-state index is 10.0. The average Bonchev–Trinajstić information content (AvgIpc) is 2.01. The summed E-state index contributed by atoms with van der Waals surface area (Å²) in [5, 5.41) is 10.0. The lowest BCUT2D eigenvalue weighted by atomic mass is 9.79. The summed E-state index contributed by atoms with van der Waals surface area (Å²) in [5.41, 5.74) is 1.10. The number of aliphatic hydroxyl groups is 1. The third kappa shape index (κ3) is 1.89. The van der Waals surface area contributed by atoms with Crippen LogP contribution in [0, 0.1) is 9.49 Å². The van der Waals surface area contributed by atoms with Crippen molar-refractivity contribution in [3.63, 3.8) is 0 Å². The Hall–Kier alpha value is -0.0900. The van der Waals surface area contributed by atoms with Crippen molar-refractivity contribution in [2.24, 2.45) is 5.92 Å². The van der Waals surface area contributed by atoms with Crippen molar-refractivity contribution in [1.82, 2.24) is 0 Å². The molecule has 1 saturated carbocycles. The molecule has 1 fully saturated rings. The molecule has 1 atom stereocenters.